The van der Waals surface area contributed by atoms with Crippen LogP contribution in [0.25, 0.3) is 0 Å². The minimum absolute atomic E-state index is 0.231. The summed E-state index contributed by atoms with van der Waals surface area (Å²) in [5.41, 5.74) is 0. The van der Waals surface area contributed by atoms with Crippen molar-refractivity contribution in [3.05, 3.63) is 0 Å². The summed E-state index contributed by atoms with van der Waals surface area (Å²) >= 11 is 0. The summed E-state index contributed by atoms with van der Waals surface area (Å²) in [6, 6.07) is 0. The van der Waals surface area contributed by atoms with Crippen LogP contribution in [0.15, 0.2) is 0 Å². The van der Waals surface area contributed by atoms with Crippen molar-refractivity contribution < 1.29 is 14.3 Å². The van der Waals surface area contributed by atoms with E-state index in [4.69, 9.17) is 9.47 Å². The van der Waals surface area contributed by atoms with Gasteiger partial charge in [0.05, 0.1) is 13.2 Å². The van der Waals surface area contributed by atoms with Crippen LogP contribution in [0, 0.1) is 5.92 Å². The lowest BCUT2D eigenvalue weighted by Gasteiger charge is -2.21. The van der Waals surface area contributed by atoms with E-state index in [1.807, 2.05) is 0 Å². The Morgan fingerprint density at radius 1 is 1.60 bits per heavy atom. The molecule has 0 spiro atoms. The lowest BCUT2D eigenvalue weighted by Crippen LogP contribution is -2.43. The number of hydrogen-bond donors (Lipinski definition) is 1. The van der Waals surface area contributed by atoms with E-state index < -0.39 is 6.10 Å². The first-order chi connectivity index (χ1) is 7.20. The summed E-state index contributed by atoms with van der Waals surface area (Å²) in [5, 5.41) is 3.10. The van der Waals surface area contributed by atoms with Crippen LogP contribution < -0.4 is 5.32 Å². The summed E-state index contributed by atoms with van der Waals surface area (Å²) in [7, 11) is 0. The van der Waals surface area contributed by atoms with E-state index in [0.29, 0.717) is 25.7 Å². The molecular weight excluding hydrogens is 194 g/mol. The number of carbonyl (C=O) groups excluding carboxylic acids is 1. The molecule has 0 bridgehead atoms. The molecule has 0 aromatic carbocycles. The number of hydrogen-bond acceptors (Lipinski definition) is 4. The molecule has 1 atom stereocenters. The van der Waals surface area contributed by atoms with Crippen molar-refractivity contribution in [2.75, 3.05) is 26.3 Å². The molecule has 0 aliphatic carbocycles. The zero-order valence-electron chi connectivity index (χ0n) is 9.62. The normalized spacial score (nSPS) is 21.7. The fraction of sp³-hybridized carbons (Fsp3) is 0.909. The molecule has 1 fully saturated rings. The van der Waals surface area contributed by atoms with Gasteiger partial charge in [0.15, 0.2) is 6.10 Å². The van der Waals surface area contributed by atoms with Crippen molar-refractivity contribution in [2.45, 2.75) is 32.8 Å². The molecule has 0 radical (unpaired) electrons. The first kappa shape index (κ1) is 12.5. The third kappa shape index (κ3) is 5.14. The van der Waals surface area contributed by atoms with Crippen LogP contribution in [-0.2, 0) is 14.3 Å². The standard InChI is InChI=1S/C11H21NO3/c1-9(2)4-3-6-15-11(13)10-8-12-5-7-14-10/h9-10,12H,3-8H2,1-2H3. The highest BCUT2D eigenvalue weighted by Crippen LogP contribution is 2.05. The summed E-state index contributed by atoms with van der Waals surface area (Å²) in [5.74, 6) is 0.433. The fourth-order valence-electron chi connectivity index (χ4n) is 1.47. The molecule has 0 aromatic rings. The Balaban J connectivity index is 2.07. The fourth-order valence-corrected chi connectivity index (χ4v) is 1.47. The van der Waals surface area contributed by atoms with Gasteiger partial charge in [-0.05, 0) is 18.8 Å². The highest BCUT2D eigenvalue weighted by Gasteiger charge is 2.22. The first-order valence-corrected chi connectivity index (χ1v) is 5.69. The first-order valence-electron chi connectivity index (χ1n) is 5.69. The Morgan fingerprint density at radius 3 is 3.00 bits per heavy atom. The average Bonchev–Trinajstić information content (AvgIpc) is 2.25. The Bertz CT molecular complexity index is 188. The van der Waals surface area contributed by atoms with Crippen molar-refractivity contribution in [3.8, 4) is 0 Å². The van der Waals surface area contributed by atoms with Crippen LogP contribution in [0.1, 0.15) is 26.7 Å². The molecule has 0 saturated carbocycles. The summed E-state index contributed by atoms with van der Waals surface area (Å²) in [6.07, 6.45) is 1.62. The molecule has 1 saturated heterocycles. The van der Waals surface area contributed by atoms with Crippen molar-refractivity contribution in [1.82, 2.24) is 5.32 Å². The summed E-state index contributed by atoms with van der Waals surface area (Å²) in [6.45, 7) is 6.81. The van der Waals surface area contributed by atoms with Crippen molar-refractivity contribution in [3.63, 3.8) is 0 Å². The zero-order chi connectivity index (χ0) is 11.1. The molecule has 1 aliphatic heterocycles. The van der Waals surface area contributed by atoms with Gasteiger partial charge in [0.2, 0.25) is 0 Å². The third-order valence-corrected chi connectivity index (χ3v) is 2.36. The predicted octanol–water partition coefficient (Wildman–Crippen LogP) is 0.954. The highest BCUT2D eigenvalue weighted by atomic mass is 16.6. The van der Waals surface area contributed by atoms with Crippen molar-refractivity contribution in [2.24, 2.45) is 5.92 Å². The Hall–Kier alpha value is -0.610. The molecular formula is C11H21NO3. The minimum Gasteiger partial charge on any atom is -0.464 e. The Labute approximate surface area is 91.3 Å². The molecule has 1 N–H and O–H groups in total. The van der Waals surface area contributed by atoms with Gasteiger partial charge in [-0.15, -0.1) is 0 Å². The SMILES string of the molecule is CC(C)CCCOC(=O)C1CNCCO1. The van der Waals surface area contributed by atoms with Crippen LogP contribution in [0.5, 0.6) is 0 Å². The van der Waals surface area contributed by atoms with Gasteiger partial charge in [-0.1, -0.05) is 13.8 Å². The van der Waals surface area contributed by atoms with E-state index in [0.717, 1.165) is 19.4 Å². The van der Waals surface area contributed by atoms with E-state index in [1.165, 1.54) is 0 Å². The monoisotopic (exact) mass is 215 g/mol. The molecule has 1 unspecified atom stereocenters. The van der Waals surface area contributed by atoms with E-state index in [1.54, 1.807) is 0 Å². The van der Waals surface area contributed by atoms with Gasteiger partial charge in [-0.25, -0.2) is 4.79 Å². The van der Waals surface area contributed by atoms with Crippen LogP contribution in [0.2, 0.25) is 0 Å². The van der Waals surface area contributed by atoms with Crippen LogP contribution >= 0.6 is 0 Å². The van der Waals surface area contributed by atoms with Crippen molar-refractivity contribution >= 4 is 5.97 Å². The number of nitrogens with one attached hydrogen (secondary N) is 1. The third-order valence-electron chi connectivity index (χ3n) is 2.36. The van der Waals surface area contributed by atoms with E-state index in [2.05, 4.69) is 19.2 Å². The van der Waals surface area contributed by atoms with Crippen LogP contribution in [0.3, 0.4) is 0 Å². The quantitative estimate of drug-likeness (QED) is 0.548. The maximum Gasteiger partial charge on any atom is 0.336 e. The van der Waals surface area contributed by atoms with E-state index in [9.17, 15) is 4.79 Å². The molecule has 0 aromatic heterocycles. The Kier molecular flexibility index (Phi) is 5.65. The highest BCUT2D eigenvalue weighted by molar-refractivity contribution is 5.75. The summed E-state index contributed by atoms with van der Waals surface area (Å²) < 4.78 is 10.4. The Morgan fingerprint density at radius 2 is 2.40 bits per heavy atom. The van der Waals surface area contributed by atoms with Gasteiger partial charge in [-0.3, -0.25) is 0 Å². The van der Waals surface area contributed by atoms with Gasteiger partial charge in [0, 0.05) is 13.1 Å². The second-order valence-electron chi connectivity index (χ2n) is 4.27. The lowest BCUT2D eigenvalue weighted by atomic mass is 10.1. The van der Waals surface area contributed by atoms with Crippen LogP contribution in [-0.4, -0.2) is 38.4 Å². The smallest absolute Gasteiger partial charge is 0.336 e. The molecule has 88 valence electrons. The van der Waals surface area contributed by atoms with E-state index in [-0.39, 0.29) is 5.97 Å². The summed E-state index contributed by atoms with van der Waals surface area (Å²) in [4.78, 5) is 11.5. The average molecular weight is 215 g/mol. The molecule has 4 nitrogen and oxygen atoms in total. The topological polar surface area (TPSA) is 47.6 Å². The minimum atomic E-state index is -0.405. The predicted molar refractivity (Wildman–Crippen MR) is 57.6 cm³/mol. The number of morpholine rings is 1. The van der Waals surface area contributed by atoms with E-state index >= 15 is 0 Å². The van der Waals surface area contributed by atoms with Crippen LogP contribution in [0.4, 0.5) is 0 Å². The second-order valence-corrected chi connectivity index (χ2v) is 4.27. The number of ether oxygens (including phenoxy) is 2. The second kappa shape index (κ2) is 6.80. The largest absolute Gasteiger partial charge is 0.464 e. The molecule has 1 heterocycles. The molecule has 1 aliphatic rings. The van der Waals surface area contributed by atoms with Gasteiger partial charge >= 0.3 is 5.97 Å². The molecule has 4 heteroatoms. The van der Waals surface area contributed by atoms with Gasteiger partial charge < -0.3 is 14.8 Å². The molecule has 0 amide bonds. The molecule has 1 rings (SSSR count). The zero-order valence-corrected chi connectivity index (χ0v) is 9.62. The molecule has 15 heavy (non-hydrogen) atoms. The number of esters is 1. The lowest BCUT2D eigenvalue weighted by molar-refractivity contribution is -0.158. The number of rotatable bonds is 5. The van der Waals surface area contributed by atoms with Crippen molar-refractivity contribution in [1.29, 1.82) is 0 Å². The van der Waals surface area contributed by atoms with Gasteiger partial charge in [0.1, 0.15) is 0 Å². The maximum atomic E-state index is 11.5. The van der Waals surface area contributed by atoms with Gasteiger partial charge in [-0.2, -0.15) is 0 Å². The van der Waals surface area contributed by atoms with Gasteiger partial charge in [0.25, 0.3) is 0 Å². The maximum absolute atomic E-state index is 11.5. The number of carbonyl (C=O) groups is 1.